The minimum atomic E-state index is 0.762. The molecular formula is C17H10ClNS. The first kappa shape index (κ1) is 12.0. The van der Waals surface area contributed by atoms with Crippen LogP contribution in [-0.4, -0.2) is 4.98 Å². The molecule has 3 aromatic rings. The molecule has 0 unspecified atom stereocenters. The molecule has 0 spiro atoms. The van der Waals surface area contributed by atoms with Gasteiger partial charge in [-0.1, -0.05) is 53.7 Å². The Morgan fingerprint density at radius 3 is 2.40 bits per heavy atom. The Bertz CT molecular complexity index is 814. The highest BCUT2D eigenvalue weighted by Gasteiger charge is 2.20. The summed E-state index contributed by atoms with van der Waals surface area (Å²) in [4.78, 5) is 5.72. The number of hydrogen-bond acceptors (Lipinski definition) is 2. The van der Waals surface area contributed by atoms with Gasteiger partial charge in [0.1, 0.15) is 5.03 Å². The van der Waals surface area contributed by atoms with E-state index >= 15 is 0 Å². The Morgan fingerprint density at radius 2 is 1.55 bits per heavy atom. The van der Waals surface area contributed by atoms with Crippen LogP contribution in [0.4, 0.5) is 0 Å². The normalized spacial score (nSPS) is 12.1. The lowest BCUT2D eigenvalue weighted by atomic mass is 9.96. The Morgan fingerprint density at radius 1 is 0.800 bits per heavy atom. The smallest absolute Gasteiger partial charge is 0.109 e. The van der Waals surface area contributed by atoms with E-state index in [1.54, 1.807) is 11.8 Å². The zero-order valence-electron chi connectivity index (χ0n) is 10.5. The van der Waals surface area contributed by atoms with Gasteiger partial charge in [0.25, 0.3) is 0 Å². The first-order valence-electron chi connectivity index (χ1n) is 6.35. The van der Waals surface area contributed by atoms with Crippen LogP contribution < -0.4 is 0 Å². The highest BCUT2D eigenvalue weighted by molar-refractivity contribution is 7.99. The van der Waals surface area contributed by atoms with Crippen molar-refractivity contribution in [2.75, 3.05) is 0 Å². The molecule has 4 rings (SSSR count). The maximum absolute atomic E-state index is 6.18. The van der Waals surface area contributed by atoms with Crippen molar-refractivity contribution in [2.45, 2.75) is 9.92 Å². The first-order chi connectivity index (χ1) is 9.83. The van der Waals surface area contributed by atoms with Crippen molar-refractivity contribution in [2.24, 2.45) is 0 Å². The number of rotatable bonds is 0. The fourth-order valence-electron chi connectivity index (χ4n) is 2.54. The van der Waals surface area contributed by atoms with E-state index < -0.39 is 0 Å². The second-order valence-electron chi connectivity index (χ2n) is 4.64. The van der Waals surface area contributed by atoms with Crippen molar-refractivity contribution < 1.29 is 0 Å². The summed E-state index contributed by atoms with van der Waals surface area (Å²) in [7, 11) is 0. The Labute approximate surface area is 126 Å². The molecular weight excluding hydrogens is 286 g/mol. The third-order valence-corrected chi connectivity index (χ3v) is 4.76. The van der Waals surface area contributed by atoms with Gasteiger partial charge in [0.15, 0.2) is 0 Å². The SMILES string of the molecule is Clc1ccc2c(c1)-c1ccccc1-c1cccnc1S2. The van der Waals surface area contributed by atoms with E-state index in [-0.39, 0.29) is 0 Å². The van der Waals surface area contributed by atoms with Gasteiger partial charge in [-0.05, 0) is 41.0 Å². The lowest BCUT2D eigenvalue weighted by Crippen LogP contribution is -1.85. The highest BCUT2D eigenvalue weighted by atomic mass is 35.5. The van der Waals surface area contributed by atoms with Gasteiger partial charge >= 0.3 is 0 Å². The number of pyridine rings is 1. The van der Waals surface area contributed by atoms with Crippen molar-refractivity contribution in [3.63, 3.8) is 0 Å². The summed E-state index contributed by atoms with van der Waals surface area (Å²) in [5.41, 5.74) is 4.78. The van der Waals surface area contributed by atoms with Gasteiger partial charge in [0.05, 0.1) is 0 Å². The van der Waals surface area contributed by atoms with Crippen LogP contribution in [0, 0.1) is 0 Å². The van der Waals surface area contributed by atoms with Crippen LogP contribution in [0.15, 0.2) is 70.7 Å². The molecule has 0 atom stereocenters. The van der Waals surface area contributed by atoms with Gasteiger partial charge < -0.3 is 0 Å². The zero-order chi connectivity index (χ0) is 13.5. The van der Waals surface area contributed by atoms with E-state index in [0.29, 0.717) is 0 Å². The van der Waals surface area contributed by atoms with Crippen molar-refractivity contribution in [3.8, 4) is 22.3 Å². The summed E-state index contributed by atoms with van der Waals surface area (Å²) >= 11 is 7.88. The van der Waals surface area contributed by atoms with E-state index in [2.05, 4.69) is 41.4 Å². The van der Waals surface area contributed by atoms with Gasteiger partial charge in [0.2, 0.25) is 0 Å². The van der Waals surface area contributed by atoms with Gasteiger partial charge in [-0.2, -0.15) is 0 Å². The highest BCUT2D eigenvalue weighted by Crippen LogP contribution is 2.47. The maximum atomic E-state index is 6.18. The number of fused-ring (bicyclic) bond motifs is 5. The summed E-state index contributed by atoms with van der Waals surface area (Å²) in [5, 5.41) is 1.80. The van der Waals surface area contributed by atoms with E-state index in [4.69, 9.17) is 11.6 Å². The molecule has 2 aromatic carbocycles. The largest absolute Gasteiger partial charge is 0.249 e. The van der Waals surface area contributed by atoms with Crippen LogP contribution in [0.25, 0.3) is 22.3 Å². The molecule has 1 aliphatic rings. The molecule has 0 saturated carbocycles. The number of halogens is 1. The van der Waals surface area contributed by atoms with E-state index in [9.17, 15) is 0 Å². The molecule has 0 fully saturated rings. The second kappa shape index (κ2) is 4.65. The summed E-state index contributed by atoms with van der Waals surface area (Å²) in [6.45, 7) is 0. The minimum absolute atomic E-state index is 0.762. The van der Waals surface area contributed by atoms with Crippen LogP contribution in [0.1, 0.15) is 0 Å². The molecule has 0 N–H and O–H groups in total. The second-order valence-corrected chi connectivity index (χ2v) is 6.11. The van der Waals surface area contributed by atoms with Crippen molar-refractivity contribution in [1.82, 2.24) is 4.98 Å². The number of aromatic nitrogens is 1. The van der Waals surface area contributed by atoms with E-state index in [1.807, 2.05) is 24.4 Å². The van der Waals surface area contributed by atoms with Crippen molar-refractivity contribution >= 4 is 23.4 Å². The number of hydrogen-bond donors (Lipinski definition) is 0. The average molecular weight is 296 g/mol. The number of nitrogens with zero attached hydrogens (tertiary/aromatic N) is 1. The van der Waals surface area contributed by atoms with Crippen LogP contribution in [0.2, 0.25) is 5.02 Å². The standard InChI is InChI=1S/C17H10ClNS/c18-11-7-8-16-15(10-11)13-5-2-1-4-12(13)14-6-3-9-19-17(14)20-16/h1-10H. The predicted octanol–water partition coefficient (Wildman–Crippen LogP) is 5.53. The topological polar surface area (TPSA) is 12.9 Å². The van der Waals surface area contributed by atoms with Crippen LogP contribution in [0.3, 0.4) is 0 Å². The van der Waals surface area contributed by atoms with Crippen molar-refractivity contribution in [3.05, 3.63) is 65.8 Å². The molecule has 0 bridgehead atoms. The Hall–Kier alpha value is -1.77. The predicted molar refractivity (Wildman–Crippen MR) is 84.2 cm³/mol. The fourth-order valence-corrected chi connectivity index (χ4v) is 3.73. The molecule has 2 heterocycles. The van der Waals surface area contributed by atoms with Gasteiger partial charge in [-0.3, -0.25) is 0 Å². The first-order valence-corrected chi connectivity index (χ1v) is 7.54. The van der Waals surface area contributed by atoms with Gasteiger partial charge in [-0.15, -0.1) is 0 Å². The van der Waals surface area contributed by atoms with Gasteiger partial charge in [-0.25, -0.2) is 4.98 Å². The van der Waals surface area contributed by atoms with E-state index in [0.717, 1.165) is 10.0 Å². The molecule has 20 heavy (non-hydrogen) atoms. The fraction of sp³-hybridized carbons (Fsp3) is 0. The third kappa shape index (κ3) is 1.84. The Balaban J connectivity index is 2.12. The maximum Gasteiger partial charge on any atom is 0.109 e. The van der Waals surface area contributed by atoms with E-state index in [1.165, 1.54) is 27.1 Å². The van der Waals surface area contributed by atoms with Crippen LogP contribution >= 0.6 is 23.4 Å². The molecule has 0 aliphatic carbocycles. The zero-order valence-corrected chi connectivity index (χ0v) is 12.1. The van der Waals surface area contributed by atoms with Crippen LogP contribution in [-0.2, 0) is 0 Å². The molecule has 1 aliphatic heterocycles. The number of benzene rings is 2. The molecule has 0 saturated heterocycles. The lowest BCUT2D eigenvalue weighted by molar-refractivity contribution is 1.14. The quantitative estimate of drug-likeness (QED) is 0.423. The molecule has 1 nitrogen and oxygen atoms in total. The summed E-state index contributed by atoms with van der Waals surface area (Å²) < 4.78 is 0. The molecule has 3 heteroatoms. The minimum Gasteiger partial charge on any atom is -0.249 e. The third-order valence-electron chi connectivity index (χ3n) is 3.43. The lowest BCUT2D eigenvalue weighted by Gasteiger charge is -2.09. The monoisotopic (exact) mass is 295 g/mol. The summed E-state index contributed by atoms with van der Waals surface area (Å²) in [6.07, 6.45) is 1.84. The molecule has 1 aromatic heterocycles. The molecule has 0 radical (unpaired) electrons. The summed E-state index contributed by atoms with van der Waals surface area (Å²) in [5.74, 6) is 0. The van der Waals surface area contributed by atoms with Crippen molar-refractivity contribution in [1.29, 1.82) is 0 Å². The molecule has 0 amide bonds. The van der Waals surface area contributed by atoms with Gasteiger partial charge in [0, 0.05) is 21.7 Å². The average Bonchev–Trinajstić information content (AvgIpc) is 2.62. The molecule has 96 valence electrons. The summed E-state index contributed by atoms with van der Waals surface area (Å²) in [6, 6.07) is 18.6. The van der Waals surface area contributed by atoms with Crippen LogP contribution in [0.5, 0.6) is 0 Å². The Kier molecular flexibility index (Phi) is 2.79.